The largest absolute Gasteiger partial charge is 0.466 e. The van der Waals surface area contributed by atoms with Crippen LogP contribution in [0.2, 0.25) is 0 Å². The molecule has 0 atom stereocenters. The van der Waals surface area contributed by atoms with E-state index in [1.54, 1.807) is 6.92 Å². The van der Waals surface area contributed by atoms with Crippen LogP contribution in [0.1, 0.15) is 18.9 Å². The number of aliphatic hydroxyl groups excluding tert-OH is 1. The molecule has 0 unspecified atom stereocenters. The molecular formula is C14H21NO3. The molecule has 0 amide bonds. The highest BCUT2D eigenvalue weighted by molar-refractivity contribution is 5.69. The van der Waals surface area contributed by atoms with E-state index in [4.69, 9.17) is 9.84 Å². The van der Waals surface area contributed by atoms with Crippen LogP contribution < -0.4 is 0 Å². The van der Waals surface area contributed by atoms with Gasteiger partial charge in [-0.05, 0) is 12.5 Å². The Balaban J connectivity index is 2.42. The van der Waals surface area contributed by atoms with Crippen molar-refractivity contribution in [2.24, 2.45) is 0 Å². The molecule has 0 aliphatic heterocycles. The molecule has 18 heavy (non-hydrogen) atoms. The summed E-state index contributed by atoms with van der Waals surface area (Å²) in [5.41, 5.74) is 1.18. The lowest BCUT2D eigenvalue weighted by Crippen LogP contribution is -2.29. The minimum Gasteiger partial charge on any atom is -0.466 e. The number of carbonyl (C=O) groups is 1. The standard InChI is InChI=1S/C14H21NO3/c1-2-18-14(17)8-9-15(10-11-16)12-13-6-4-3-5-7-13/h3-7,16H,2,8-12H2,1H3. The Kier molecular flexibility index (Phi) is 7.06. The quantitative estimate of drug-likeness (QED) is 0.710. The molecule has 0 aromatic heterocycles. The SMILES string of the molecule is CCOC(=O)CCN(CCO)Cc1ccccc1. The van der Waals surface area contributed by atoms with E-state index in [1.807, 2.05) is 35.2 Å². The van der Waals surface area contributed by atoms with Crippen molar-refractivity contribution in [1.82, 2.24) is 4.90 Å². The van der Waals surface area contributed by atoms with E-state index in [-0.39, 0.29) is 12.6 Å². The Morgan fingerprint density at radius 3 is 2.61 bits per heavy atom. The fourth-order valence-corrected chi connectivity index (χ4v) is 1.74. The molecule has 0 aliphatic carbocycles. The topological polar surface area (TPSA) is 49.8 Å². The van der Waals surface area contributed by atoms with E-state index in [0.29, 0.717) is 26.1 Å². The van der Waals surface area contributed by atoms with Gasteiger partial charge in [0.05, 0.1) is 19.6 Å². The number of benzene rings is 1. The predicted octanol–water partition coefficient (Wildman–Crippen LogP) is 1.43. The Bertz CT molecular complexity index is 340. The molecule has 0 radical (unpaired) electrons. The lowest BCUT2D eigenvalue weighted by Gasteiger charge is -2.20. The van der Waals surface area contributed by atoms with Crippen LogP contribution in [0.25, 0.3) is 0 Å². The maximum atomic E-state index is 11.3. The molecule has 0 heterocycles. The van der Waals surface area contributed by atoms with Crippen LogP contribution in [0.15, 0.2) is 30.3 Å². The summed E-state index contributed by atoms with van der Waals surface area (Å²) < 4.78 is 4.89. The van der Waals surface area contributed by atoms with Crippen LogP contribution >= 0.6 is 0 Å². The lowest BCUT2D eigenvalue weighted by atomic mass is 10.2. The van der Waals surface area contributed by atoms with Crippen molar-refractivity contribution >= 4 is 5.97 Å². The van der Waals surface area contributed by atoms with E-state index in [1.165, 1.54) is 5.56 Å². The second kappa shape index (κ2) is 8.66. The molecule has 1 aromatic rings. The molecule has 1 N–H and O–H groups in total. The minimum absolute atomic E-state index is 0.0929. The first kappa shape index (κ1) is 14.7. The van der Waals surface area contributed by atoms with Crippen molar-refractivity contribution in [3.05, 3.63) is 35.9 Å². The molecule has 0 saturated carbocycles. The van der Waals surface area contributed by atoms with Gasteiger partial charge in [-0.15, -0.1) is 0 Å². The Morgan fingerprint density at radius 1 is 1.28 bits per heavy atom. The zero-order valence-electron chi connectivity index (χ0n) is 10.8. The second-order valence-corrected chi connectivity index (χ2v) is 4.04. The van der Waals surface area contributed by atoms with Gasteiger partial charge in [-0.25, -0.2) is 0 Å². The van der Waals surface area contributed by atoms with Gasteiger partial charge in [0.2, 0.25) is 0 Å². The monoisotopic (exact) mass is 251 g/mol. The van der Waals surface area contributed by atoms with E-state index in [2.05, 4.69) is 0 Å². The van der Waals surface area contributed by atoms with Crippen molar-refractivity contribution in [2.45, 2.75) is 19.9 Å². The van der Waals surface area contributed by atoms with Gasteiger partial charge in [0.15, 0.2) is 0 Å². The van der Waals surface area contributed by atoms with Crippen LogP contribution in [0, 0.1) is 0 Å². The maximum Gasteiger partial charge on any atom is 0.307 e. The van der Waals surface area contributed by atoms with Gasteiger partial charge in [-0.2, -0.15) is 0 Å². The van der Waals surface area contributed by atoms with Gasteiger partial charge in [-0.3, -0.25) is 9.69 Å². The maximum absolute atomic E-state index is 11.3. The van der Waals surface area contributed by atoms with Gasteiger partial charge in [-0.1, -0.05) is 30.3 Å². The molecule has 1 rings (SSSR count). The van der Waals surface area contributed by atoms with Gasteiger partial charge in [0.1, 0.15) is 0 Å². The predicted molar refractivity (Wildman–Crippen MR) is 70.1 cm³/mol. The normalized spacial score (nSPS) is 10.6. The van der Waals surface area contributed by atoms with Crippen molar-refractivity contribution in [3.8, 4) is 0 Å². The number of hydrogen-bond acceptors (Lipinski definition) is 4. The second-order valence-electron chi connectivity index (χ2n) is 4.04. The summed E-state index contributed by atoms with van der Waals surface area (Å²) in [5, 5.41) is 9.03. The molecular weight excluding hydrogens is 230 g/mol. The van der Waals surface area contributed by atoms with Gasteiger partial charge in [0.25, 0.3) is 0 Å². The third-order valence-electron chi connectivity index (χ3n) is 2.60. The molecule has 0 aliphatic rings. The molecule has 4 nitrogen and oxygen atoms in total. The molecule has 100 valence electrons. The summed E-state index contributed by atoms with van der Waals surface area (Å²) in [6, 6.07) is 10.0. The number of carbonyl (C=O) groups excluding carboxylic acids is 1. The van der Waals surface area contributed by atoms with E-state index in [0.717, 1.165) is 6.54 Å². The van der Waals surface area contributed by atoms with Crippen molar-refractivity contribution in [1.29, 1.82) is 0 Å². The minimum atomic E-state index is -0.187. The highest BCUT2D eigenvalue weighted by Crippen LogP contribution is 2.05. The first-order valence-corrected chi connectivity index (χ1v) is 6.29. The Hall–Kier alpha value is -1.39. The van der Waals surface area contributed by atoms with Crippen LogP contribution in [0.5, 0.6) is 0 Å². The van der Waals surface area contributed by atoms with Gasteiger partial charge >= 0.3 is 5.97 Å². The van der Waals surface area contributed by atoms with E-state index >= 15 is 0 Å². The fourth-order valence-electron chi connectivity index (χ4n) is 1.74. The summed E-state index contributed by atoms with van der Waals surface area (Å²) in [7, 11) is 0. The van der Waals surface area contributed by atoms with Crippen LogP contribution in [-0.2, 0) is 16.1 Å². The number of nitrogens with zero attached hydrogens (tertiary/aromatic N) is 1. The number of ether oxygens (including phenoxy) is 1. The van der Waals surface area contributed by atoms with Crippen LogP contribution in [0.3, 0.4) is 0 Å². The van der Waals surface area contributed by atoms with Crippen molar-refractivity contribution in [3.63, 3.8) is 0 Å². The molecule has 0 saturated heterocycles. The third kappa shape index (κ3) is 5.80. The van der Waals surface area contributed by atoms with E-state index in [9.17, 15) is 4.79 Å². The molecule has 4 heteroatoms. The summed E-state index contributed by atoms with van der Waals surface area (Å²) >= 11 is 0. The molecule has 0 spiro atoms. The van der Waals surface area contributed by atoms with E-state index < -0.39 is 0 Å². The molecule has 1 aromatic carbocycles. The summed E-state index contributed by atoms with van der Waals surface area (Å²) in [6.45, 7) is 4.21. The average Bonchev–Trinajstić information content (AvgIpc) is 2.38. The smallest absolute Gasteiger partial charge is 0.307 e. The van der Waals surface area contributed by atoms with Crippen LogP contribution in [0.4, 0.5) is 0 Å². The molecule has 0 fully saturated rings. The summed E-state index contributed by atoms with van der Waals surface area (Å²) in [6.07, 6.45) is 0.362. The lowest BCUT2D eigenvalue weighted by molar-refractivity contribution is -0.143. The zero-order valence-corrected chi connectivity index (χ0v) is 10.8. The van der Waals surface area contributed by atoms with Crippen LogP contribution in [-0.4, -0.2) is 42.3 Å². The highest BCUT2D eigenvalue weighted by Gasteiger charge is 2.09. The average molecular weight is 251 g/mol. The first-order chi connectivity index (χ1) is 8.76. The number of rotatable bonds is 8. The Morgan fingerprint density at radius 2 is 2.00 bits per heavy atom. The first-order valence-electron chi connectivity index (χ1n) is 6.29. The highest BCUT2D eigenvalue weighted by atomic mass is 16.5. The summed E-state index contributed by atoms with van der Waals surface area (Å²) in [4.78, 5) is 13.3. The van der Waals surface area contributed by atoms with Gasteiger partial charge < -0.3 is 9.84 Å². The number of esters is 1. The van der Waals surface area contributed by atoms with Gasteiger partial charge in [0, 0.05) is 19.6 Å². The fraction of sp³-hybridized carbons (Fsp3) is 0.500. The third-order valence-corrected chi connectivity index (χ3v) is 2.60. The van der Waals surface area contributed by atoms with Crippen molar-refractivity contribution < 1.29 is 14.6 Å². The Labute approximate surface area is 108 Å². The number of hydrogen-bond donors (Lipinski definition) is 1. The molecule has 0 bridgehead atoms. The number of aliphatic hydroxyl groups is 1. The summed E-state index contributed by atoms with van der Waals surface area (Å²) in [5.74, 6) is -0.187. The zero-order chi connectivity index (χ0) is 13.2. The van der Waals surface area contributed by atoms with Crippen molar-refractivity contribution in [2.75, 3.05) is 26.3 Å².